The molecule has 0 fully saturated rings. The van der Waals surface area contributed by atoms with Gasteiger partial charge >= 0.3 is 0 Å². The number of allylic oxidation sites excluding steroid dienone is 1. The summed E-state index contributed by atoms with van der Waals surface area (Å²) in [6.07, 6.45) is 3.38. The highest BCUT2D eigenvalue weighted by Crippen LogP contribution is 2.14. The molecule has 0 spiro atoms. The lowest BCUT2D eigenvalue weighted by molar-refractivity contribution is 0.774. The highest BCUT2D eigenvalue weighted by molar-refractivity contribution is 5.81. The van der Waals surface area contributed by atoms with E-state index in [0.29, 0.717) is 23.4 Å². The molecule has 1 N–H and O–H groups in total. The van der Waals surface area contributed by atoms with E-state index in [1.807, 2.05) is 30.3 Å². The Morgan fingerprint density at radius 3 is 2.54 bits per heavy atom. The van der Waals surface area contributed by atoms with E-state index >= 15 is 0 Å². The second kappa shape index (κ2) is 8.99. The largest absolute Gasteiger partial charge is 0.372 e. The van der Waals surface area contributed by atoms with Crippen LogP contribution in [0.15, 0.2) is 71.1 Å². The highest BCUT2D eigenvalue weighted by atomic mass is 16.1. The highest BCUT2D eigenvalue weighted by Gasteiger charge is 2.09. The Morgan fingerprint density at radius 2 is 1.86 bits per heavy atom. The number of aromatic nitrogens is 2. The molecule has 0 aliphatic rings. The minimum absolute atomic E-state index is 0.119. The molecule has 0 bridgehead atoms. The van der Waals surface area contributed by atoms with Gasteiger partial charge in [0.05, 0.1) is 17.1 Å². The van der Waals surface area contributed by atoms with E-state index in [0.717, 1.165) is 18.7 Å². The Hall–Kier alpha value is -3.41. The molecular weight excluding hydrogens is 350 g/mol. The molecule has 0 amide bonds. The van der Waals surface area contributed by atoms with E-state index in [1.165, 1.54) is 10.3 Å². The lowest BCUT2D eigenvalue weighted by Gasteiger charge is -2.20. The van der Waals surface area contributed by atoms with Crippen LogP contribution in [0.25, 0.3) is 10.9 Å². The zero-order chi connectivity index (χ0) is 19.9. The standard InChI is InChI=1S/C22H25N5O/c1-4-15-27-21(28)19-9-7-8-10-20(19)24-22(27)25-23-16-17-11-13-18(14-12-17)26(5-2)6-3/h4,7-14,16H,1,5-6,15H2,2-3H3,(H,24,25)/b23-16-. The third kappa shape index (κ3) is 4.11. The van der Waals surface area contributed by atoms with Gasteiger partial charge in [-0.05, 0) is 43.7 Å². The van der Waals surface area contributed by atoms with Gasteiger partial charge < -0.3 is 4.90 Å². The molecule has 0 aliphatic carbocycles. The molecule has 28 heavy (non-hydrogen) atoms. The molecule has 1 aromatic heterocycles. The maximum absolute atomic E-state index is 12.7. The van der Waals surface area contributed by atoms with Gasteiger partial charge in [0.2, 0.25) is 5.95 Å². The van der Waals surface area contributed by atoms with Gasteiger partial charge in [-0.2, -0.15) is 5.10 Å². The topological polar surface area (TPSA) is 62.5 Å². The summed E-state index contributed by atoms with van der Waals surface area (Å²) in [6, 6.07) is 15.5. The van der Waals surface area contributed by atoms with Crippen LogP contribution in [-0.4, -0.2) is 28.9 Å². The average molecular weight is 375 g/mol. The van der Waals surface area contributed by atoms with Crippen LogP contribution in [0.5, 0.6) is 0 Å². The van der Waals surface area contributed by atoms with Crippen molar-refractivity contribution in [1.29, 1.82) is 0 Å². The fourth-order valence-corrected chi connectivity index (χ4v) is 3.08. The molecule has 0 saturated carbocycles. The summed E-state index contributed by atoms with van der Waals surface area (Å²) in [4.78, 5) is 19.5. The number of nitrogens with one attached hydrogen (secondary N) is 1. The van der Waals surface area contributed by atoms with Gasteiger partial charge in [0, 0.05) is 25.3 Å². The van der Waals surface area contributed by atoms with Gasteiger partial charge in [-0.3, -0.25) is 9.36 Å². The van der Waals surface area contributed by atoms with Crippen LogP contribution in [0.1, 0.15) is 19.4 Å². The van der Waals surface area contributed by atoms with Crippen LogP contribution in [0, 0.1) is 0 Å². The fourth-order valence-electron chi connectivity index (χ4n) is 3.08. The minimum atomic E-state index is -0.119. The van der Waals surface area contributed by atoms with E-state index in [1.54, 1.807) is 18.4 Å². The van der Waals surface area contributed by atoms with E-state index < -0.39 is 0 Å². The molecule has 6 nitrogen and oxygen atoms in total. The molecule has 144 valence electrons. The Kier molecular flexibility index (Phi) is 6.22. The van der Waals surface area contributed by atoms with Crippen molar-refractivity contribution in [1.82, 2.24) is 9.55 Å². The second-order valence-corrected chi connectivity index (χ2v) is 6.29. The van der Waals surface area contributed by atoms with Crippen molar-refractivity contribution in [3.8, 4) is 0 Å². The fraction of sp³-hybridized carbons (Fsp3) is 0.227. The molecule has 3 rings (SSSR count). The lowest BCUT2D eigenvalue weighted by Crippen LogP contribution is -2.23. The Bertz CT molecular complexity index is 1030. The van der Waals surface area contributed by atoms with Crippen molar-refractivity contribution < 1.29 is 0 Å². The quantitative estimate of drug-likeness (QED) is 0.369. The second-order valence-electron chi connectivity index (χ2n) is 6.29. The van der Waals surface area contributed by atoms with Crippen molar-refractivity contribution in [2.24, 2.45) is 5.10 Å². The van der Waals surface area contributed by atoms with Crippen LogP contribution in [-0.2, 0) is 6.54 Å². The van der Waals surface area contributed by atoms with Crippen molar-refractivity contribution >= 4 is 28.8 Å². The third-order valence-electron chi connectivity index (χ3n) is 4.57. The minimum Gasteiger partial charge on any atom is -0.372 e. The molecule has 0 radical (unpaired) electrons. The van der Waals surface area contributed by atoms with Gasteiger partial charge in [0.15, 0.2) is 0 Å². The van der Waals surface area contributed by atoms with Crippen LogP contribution in [0.4, 0.5) is 11.6 Å². The number of hydrogen-bond acceptors (Lipinski definition) is 5. The van der Waals surface area contributed by atoms with Crippen molar-refractivity contribution in [2.75, 3.05) is 23.4 Å². The molecule has 0 aliphatic heterocycles. The van der Waals surface area contributed by atoms with Gasteiger partial charge in [-0.1, -0.05) is 30.3 Å². The number of fused-ring (bicyclic) bond motifs is 1. The van der Waals surface area contributed by atoms with E-state index in [2.05, 4.69) is 53.0 Å². The van der Waals surface area contributed by atoms with Crippen LogP contribution < -0.4 is 15.9 Å². The summed E-state index contributed by atoms with van der Waals surface area (Å²) in [5.41, 5.74) is 5.56. The first-order valence-electron chi connectivity index (χ1n) is 9.42. The van der Waals surface area contributed by atoms with Gasteiger partial charge in [-0.25, -0.2) is 10.4 Å². The maximum atomic E-state index is 12.7. The molecule has 0 saturated heterocycles. The zero-order valence-corrected chi connectivity index (χ0v) is 16.3. The molecule has 3 aromatic rings. The van der Waals surface area contributed by atoms with E-state index in [9.17, 15) is 4.79 Å². The number of benzene rings is 2. The van der Waals surface area contributed by atoms with Crippen molar-refractivity contribution in [3.05, 3.63) is 77.1 Å². The first-order valence-corrected chi connectivity index (χ1v) is 9.42. The number of nitrogens with zero attached hydrogens (tertiary/aromatic N) is 4. The third-order valence-corrected chi connectivity index (χ3v) is 4.57. The molecule has 2 aromatic carbocycles. The van der Waals surface area contributed by atoms with Crippen LogP contribution in [0.2, 0.25) is 0 Å². The molecular formula is C22H25N5O. The number of anilines is 2. The monoisotopic (exact) mass is 375 g/mol. The van der Waals surface area contributed by atoms with Gasteiger partial charge in [0.1, 0.15) is 0 Å². The molecule has 6 heteroatoms. The normalized spacial score (nSPS) is 11.1. The zero-order valence-electron chi connectivity index (χ0n) is 16.3. The van der Waals surface area contributed by atoms with Crippen LogP contribution >= 0.6 is 0 Å². The Morgan fingerprint density at radius 1 is 1.14 bits per heavy atom. The van der Waals surface area contributed by atoms with Crippen molar-refractivity contribution in [2.45, 2.75) is 20.4 Å². The van der Waals surface area contributed by atoms with E-state index in [-0.39, 0.29) is 5.56 Å². The summed E-state index contributed by atoms with van der Waals surface area (Å²) < 4.78 is 1.52. The SMILES string of the molecule is C=CCn1c(N/N=C\c2ccc(N(CC)CC)cc2)nc2ccccc2c1=O. The first-order chi connectivity index (χ1) is 13.7. The maximum Gasteiger partial charge on any atom is 0.263 e. The lowest BCUT2D eigenvalue weighted by atomic mass is 10.2. The van der Waals surface area contributed by atoms with Gasteiger partial charge in [-0.15, -0.1) is 6.58 Å². The van der Waals surface area contributed by atoms with Crippen molar-refractivity contribution in [3.63, 3.8) is 0 Å². The molecule has 0 atom stereocenters. The smallest absolute Gasteiger partial charge is 0.263 e. The Balaban J connectivity index is 1.83. The molecule has 1 heterocycles. The summed E-state index contributed by atoms with van der Waals surface area (Å²) in [6.45, 7) is 10.3. The average Bonchev–Trinajstić information content (AvgIpc) is 2.73. The number of rotatable bonds is 8. The van der Waals surface area contributed by atoms with Gasteiger partial charge in [0.25, 0.3) is 5.56 Å². The predicted octanol–water partition coefficient (Wildman–Crippen LogP) is 3.87. The predicted molar refractivity (Wildman–Crippen MR) is 117 cm³/mol. The number of para-hydroxylation sites is 1. The van der Waals surface area contributed by atoms with Crippen LogP contribution in [0.3, 0.4) is 0 Å². The van der Waals surface area contributed by atoms with E-state index in [4.69, 9.17) is 0 Å². The Labute approximate surface area is 164 Å². The number of hydrazone groups is 1. The summed E-state index contributed by atoms with van der Waals surface area (Å²) in [5.74, 6) is 0.389. The number of hydrogen-bond donors (Lipinski definition) is 1. The first kappa shape index (κ1) is 19.4. The summed E-state index contributed by atoms with van der Waals surface area (Å²) >= 11 is 0. The summed E-state index contributed by atoms with van der Waals surface area (Å²) in [5, 5.41) is 4.85. The molecule has 0 unspecified atom stereocenters. The summed E-state index contributed by atoms with van der Waals surface area (Å²) in [7, 11) is 0.